The fourth-order valence-corrected chi connectivity index (χ4v) is 3.98. The molecule has 1 unspecified atom stereocenters. The lowest BCUT2D eigenvalue weighted by Gasteiger charge is -2.43. The predicted molar refractivity (Wildman–Crippen MR) is 106 cm³/mol. The molecule has 2 aromatic rings. The Kier molecular flexibility index (Phi) is 6.24. The minimum atomic E-state index is -4.49. The highest BCUT2D eigenvalue weighted by Gasteiger charge is 2.43. The first-order valence-corrected chi connectivity index (χ1v) is 9.82. The normalized spacial score (nSPS) is 20.0. The van der Waals surface area contributed by atoms with Crippen molar-refractivity contribution in [3.05, 3.63) is 63.3 Å². The van der Waals surface area contributed by atoms with Crippen molar-refractivity contribution < 1.29 is 18.0 Å². The van der Waals surface area contributed by atoms with E-state index in [2.05, 4.69) is 4.98 Å². The number of halogens is 4. The number of hydrogen-bond donors (Lipinski definition) is 1. The molecular formula is C20H22ClF3N4O2. The quantitative estimate of drug-likeness (QED) is 0.771. The minimum Gasteiger partial charge on any atom is -0.368 e. The first kappa shape index (κ1) is 22.3. The van der Waals surface area contributed by atoms with Gasteiger partial charge in [-0.1, -0.05) is 17.7 Å². The average molecular weight is 443 g/mol. The van der Waals surface area contributed by atoms with Crippen LogP contribution in [0.5, 0.6) is 0 Å². The molecule has 1 amide bonds. The van der Waals surface area contributed by atoms with Gasteiger partial charge in [-0.2, -0.15) is 13.2 Å². The van der Waals surface area contributed by atoms with Crippen LogP contribution in [0, 0.1) is 0 Å². The van der Waals surface area contributed by atoms with Crippen LogP contribution in [-0.2, 0) is 16.9 Å². The number of aromatic nitrogens is 2. The number of pyridine rings is 2. The van der Waals surface area contributed by atoms with E-state index in [4.69, 9.17) is 17.3 Å². The van der Waals surface area contributed by atoms with Gasteiger partial charge >= 0.3 is 6.18 Å². The zero-order valence-electron chi connectivity index (χ0n) is 16.3. The van der Waals surface area contributed by atoms with E-state index >= 15 is 0 Å². The van der Waals surface area contributed by atoms with Crippen LogP contribution in [0.2, 0.25) is 5.02 Å². The zero-order valence-corrected chi connectivity index (χ0v) is 17.1. The zero-order chi connectivity index (χ0) is 22.1. The maximum Gasteiger partial charge on any atom is 0.406 e. The van der Waals surface area contributed by atoms with Crippen LogP contribution in [0.25, 0.3) is 0 Å². The van der Waals surface area contributed by atoms with Gasteiger partial charge in [0.05, 0.1) is 10.7 Å². The molecule has 0 spiro atoms. The first-order chi connectivity index (χ1) is 14.0. The second-order valence-corrected chi connectivity index (χ2v) is 8.06. The monoisotopic (exact) mass is 442 g/mol. The molecule has 3 rings (SSSR count). The van der Waals surface area contributed by atoms with Crippen molar-refractivity contribution in [2.45, 2.75) is 43.9 Å². The number of alkyl halides is 3. The third-order valence-electron chi connectivity index (χ3n) is 5.59. The van der Waals surface area contributed by atoms with Crippen LogP contribution in [0.15, 0.2) is 41.5 Å². The molecule has 162 valence electrons. The molecule has 6 nitrogen and oxygen atoms in total. The van der Waals surface area contributed by atoms with Gasteiger partial charge in [-0.15, -0.1) is 0 Å². The summed E-state index contributed by atoms with van der Waals surface area (Å²) in [5.74, 6) is -0.746. The molecule has 3 heterocycles. The largest absolute Gasteiger partial charge is 0.406 e. The van der Waals surface area contributed by atoms with Crippen molar-refractivity contribution in [2.24, 2.45) is 5.73 Å². The molecule has 30 heavy (non-hydrogen) atoms. The van der Waals surface area contributed by atoms with E-state index in [0.717, 1.165) is 6.07 Å². The van der Waals surface area contributed by atoms with Gasteiger partial charge < -0.3 is 10.3 Å². The van der Waals surface area contributed by atoms with E-state index < -0.39 is 29.7 Å². The standard InChI is InChI=1S/C20H22ClF3N4O2/c1-19(18(25)30,16-6-5-15(21)9-26-16)28-8-2-3-13(11-28)14-4-7-17(29)27(10-14)12-20(22,23)24/h4-7,9-10,13H,2-3,8,11-12H2,1H3,(H2,25,30)/t13-,19?/m1/s1. The first-order valence-electron chi connectivity index (χ1n) is 9.45. The Balaban J connectivity index is 1.90. The number of nitrogens with two attached hydrogens (primary N) is 1. The summed E-state index contributed by atoms with van der Waals surface area (Å²) in [6.45, 7) is 1.29. The molecule has 1 fully saturated rings. The second kappa shape index (κ2) is 8.39. The summed E-state index contributed by atoms with van der Waals surface area (Å²) in [5, 5.41) is 0.425. The molecule has 2 aromatic heterocycles. The van der Waals surface area contributed by atoms with Crippen molar-refractivity contribution in [1.29, 1.82) is 0 Å². The van der Waals surface area contributed by atoms with Gasteiger partial charge in [0.15, 0.2) is 0 Å². The summed E-state index contributed by atoms with van der Waals surface area (Å²) < 4.78 is 39.0. The molecule has 10 heteroatoms. The number of amides is 1. The van der Waals surface area contributed by atoms with Crippen molar-refractivity contribution in [3.63, 3.8) is 0 Å². The number of rotatable bonds is 5. The lowest BCUT2D eigenvalue weighted by atomic mass is 9.85. The van der Waals surface area contributed by atoms with Gasteiger partial charge in [0.25, 0.3) is 5.56 Å². The van der Waals surface area contributed by atoms with Crippen molar-refractivity contribution in [2.75, 3.05) is 13.1 Å². The highest BCUT2D eigenvalue weighted by molar-refractivity contribution is 6.30. The summed E-state index contributed by atoms with van der Waals surface area (Å²) in [4.78, 5) is 30.4. The Hall–Kier alpha value is -2.39. The fourth-order valence-electron chi connectivity index (χ4n) is 3.87. The Morgan fingerprint density at radius 3 is 2.63 bits per heavy atom. The predicted octanol–water partition coefficient (Wildman–Crippen LogP) is 3.04. The summed E-state index contributed by atoms with van der Waals surface area (Å²) >= 11 is 5.90. The number of likely N-dealkylation sites (tertiary alicyclic amines) is 1. The van der Waals surface area contributed by atoms with Gasteiger partial charge in [0.1, 0.15) is 12.1 Å². The highest BCUT2D eigenvalue weighted by atomic mass is 35.5. The van der Waals surface area contributed by atoms with Gasteiger partial charge in [-0.3, -0.25) is 19.5 Å². The third kappa shape index (κ3) is 4.67. The third-order valence-corrected chi connectivity index (χ3v) is 5.81. The van der Waals surface area contributed by atoms with Crippen LogP contribution < -0.4 is 11.3 Å². The molecule has 0 radical (unpaired) electrons. The minimum absolute atomic E-state index is 0.162. The molecule has 0 aliphatic carbocycles. The maximum atomic E-state index is 12.8. The van der Waals surface area contributed by atoms with Crippen molar-refractivity contribution >= 4 is 17.5 Å². The summed E-state index contributed by atoms with van der Waals surface area (Å²) in [6, 6.07) is 5.96. The number of piperidine rings is 1. The molecule has 0 saturated carbocycles. The van der Waals surface area contributed by atoms with Crippen LogP contribution in [0.4, 0.5) is 13.2 Å². The van der Waals surface area contributed by atoms with E-state index in [0.29, 0.717) is 46.8 Å². The Morgan fingerprint density at radius 2 is 2.03 bits per heavy atom. The molecule has 2 atom stereocenters. The van der Waals surface area contributed by atoms with E-state index in [1.807, 2.05) is 4.90 Å². The molecule has 1 aliphatic rings. The van der Waals surface area contributed by atoms with E-state index in [9.17, 15) is 22.8 Å². The fraction of sp³-hybridized carbons (Fsp3) is 0.450. The van der Waals surface area contributed by atoms with Crippen molar-refractivity contribution in [1.82, 2.24) is 14.5 Å². The second-order valence-electron chi connectivity index (χ2n) is 7.63. The van der Waals surface area contributed by atoms with Gasteiger partial charge in [-0.25, -0.2) is 0 Å². The van der Waals surface area contributed by atoms with E-state index in [1.165, 1.54) is 12.4 Å². The van der Waals surface area contributed by atoms with Crippen LogP contribution in [0.3, 0.4) is 0 Å². The molecule has 1 saturated heterocycles. The smallest absolute Gasteiger partial charge is 0.368 e. The molecule has 0 bridgehead atoms. The number of nitrogens with zero attached hydrogens (tertiary/aromatic N) is 3. The molecular weight excluding hydrogens is 421 g/mol. The molecule has 1 aliphatic heterocycles. The van der Waals surface area contributed by atoms with Crippen LogP contribution in [-0.4, -0.2) is 39.6 Å². The van der Waals surface area contributed by atoms with E-state index in [1.54, 1.807) is 25.1 Å². The Bertz CT molecular complexity index is 977. The van der Waals surface area contributed by atoms with Gasteiger partial charge in [-0.05, 0) is 49.9 Å². The SMILES string of the molecule is CC(C(N)=O)(c1ccc(Cl)cn1)N1CCC[C@@H](c2ccc(=O)n(CC(F)(F)F)c2)C1. The van der Waals surface area contributed by atoms with Gasteiger partial charge in [0, 0.05) is 25.0 Å². The highest BCUT2D eigenvalue weighted by Crippen LogP contribution is 2.35. The summed E-state index contributed by atoms with van der Waals surface area (Å²) in [5.41, 5.74) is 4.89. The van der Waals surface area contributed by atoms with Gasteiger partial charge in [0.2, 0.25) is 5.91 Å². The summed E-state index contributed by atoms with van der Waals surface area (Å²) in [6.07, 6.45) is -0.381. The van der Waals surface area contributed by atoms with Crippen molar-refractivity contribution in [3.8, 4) is 0 Å². The lowest BCUT2D eigenvalue weighted by molar-refractivity contribution is -0.141. The van der Waals surface area contributed by atoms with Crippen LogP contribution >= 0.6 is 11.6 Å². The number of hydrogen-bond acceptors (Lipinski definition) is 4. The topological polar surface area (TPSA) is 81.2 Å². The Labute approximate surface area is 176 Å². The molecule has 2 N–H and O–H groups in total. The van der Waals surface area contributed by atoms with E-state index in [-0.39, 0.29) is 5.92 Å². The number of carbonyl (C=O) groups excluding carboxylic acids is 1. The molecule has 0 aromatic carbocycles. The summed E-state index contributed by atoms with van der Waals surface area (Å²) in [7, 11) is 0. The van der Waals surface area contributed by atoms with Crippen LogP contribution in [0.1, 0.15) is 36.9 Å². The Morgan fingerprint density at radius 1 is 1.30 bits per heavy atom. The number of carbonyl (C=O) groups is 1. The maximum absolute atomic E-state index is 12.8. The lowest BCUT2D eigenvalue weighted by Crippen LogP contribution is -2.56. The average Bonchev–Trinajstić information content (AvgIpc) is 2.68. The number of primary amides is 1.